The summed E-state index contributed by atoms with van der Waals surface area (Å²) in [6.45, 7) is 5.33. The van der Waals surface area contributed by atoms with E-state index in [1.807, 2.05) is 29.7 Å². The molecule has 0 aliphatic heterocycles. The van der Waals surface area contributed by atoms with Crippen LogP contribution in [0.5, 0.6) is 0 Å². The van der Waals surface area contributed by atoms with Gasteiger partial charge in [0, 0.05) is 35.5 Å². The maximum absolute atomic E-state index is 4.18. The molecule has 0 aliphatic rings. The van der Waals surface area contributed by atoms with Gasteiger partial charge in [0.05, 0.1) is 6.20 Å². The third-order valence-electron chi connectivity index (χ3n) is 3.05. The number of hydrogen-bond donors (Lipinski definition) is 1. The highest BCUT2D eigenvalue weighted by Crippen LogP contribution is 2.24. The van der Waals surface area contributed by atoms with Gasteiger partial charge in [-0.05, 0) is 31.2 Å². The molecule has 0 bridgehead atoms. The summed E-state index contributed by atoms with van der Waals surface area (Å²) in [6.07, 6.45) is 3.99. The Morgan fingerprint density at radius 3 is 2.63 bits per heavy atom. The number of hydrogen-bond acceptors (Lipinski definition) is 3. The first-order chi connectivity index (χ1) is 9.19. The Morgan fingerprint density at radius 1 is 1.32 bits per heavy atom. The van der Waals surface area contributed by atoms with Crippen LogP contribution in [-0.2, 0) is 12.8 Å². The van der Waals surface area contributed by atoms with Gasteiger partial charge in [0.2, 0.25) is 0 Å². The molecule has 1 N–H and O–H groups in total. The molecule has 1 aromatic carbocycles. The molecule has 2 rings (SSSR count). The summed E-state index contributed by atoms with van der Waals surface area (Å²) in [6, 6.07) is 9.23. The van der Waals surface area contributed by atoms with Crippen LogP contribution in [0.1, 0.15) is 31.0 Å². The van der Waals surface area contributed by atoms with Crippen LogP contribution in [0.25, 0.3) is 0 Å². The molecule has 1 aromatic heterocycles. The Balaban J connectivity index is 1.91. The second-order valence-electron chi connectivity index (χ2n) is 4.66. The smallest absolute Gasteiger partial charge is 0.0530 e. The zero-order valence-corrected chi connectivity index (χ0v) is 12.6. The highest BCUT2D eigenvalue weighted by molar-refractivity contribution is 7.98. The fourth-order valence-corrected chi connectivity index (χ4v) is 2.80. The van der Waals surface area contributed by atoms with Gasteiger partial charge in [-0.3, -0.25) is 4.68 Å². The zero-order chi connectivity index (χ0) is 13.7. The maximum Gasteiger partial charge on any atom is 0.0530 e. The van der Waals surface area contributed by atoms with E-state index in [1.165, 1.54) is 16.0 Å². The second-order valence-corrected chi connectivity index (χ2v) is 5.71. The highest BCUT2D eigenvalue weighted by Gasteiger charge is 2.04. The molecular formula is C15H21N3S. The van der Waals surface area contributed by atoms with Crippen LogP contribution in [0.2, 0.25) is 0 Å². The van der Waals surface area contributed by atoms with Gasteiger partial charge in [-0.25, -0.2) is 0 Å². The van der Waals surface area contributed by atoms with Crippen molar-refractivity contribution in [2.75, 3.05) is 6.54 Å². The molecule has 4 heteroatoms. The first-order valence-corrected chi connectivity index (χ1v) is 7.61. The summed E-state index contributed by atoms with van der Waals surface area (Å²) in [5.74, 6) is 0.968. The Morgan fingerprint density at radius 2 is 2.05 bits per heavy atom. The standard InChI is InChI=1S/C15H21N3S/c1-4-16-12(2)14-5-7-15(8-6-14)19-11-13-9-17-18(3)10-13/h5-10,12,16H,4,11H2,1-3H3. The van der Waals surface area contributed by atoms with Crippen molar-refractivity contribution in [3.63, 3.8) is 0 Å². The van der Waals surface area contributed by atoms with Crippen LogP contribution in [0.15, 0.2) is 41.6 Å². The Labute approximate surface area is 119 Å². The normalized spacial score (nSPS) is 12.6. The van der Waals surface area contributed by atoms with Gasteiger partial charge in [0.25, 0.3) is 0 Å². The van der Waals surface area contributed by atoms with Crippen LogP contribution >= 0.6 is 11.8 Å². The van der Waals surface area contributed by atoms with E-state index in [0.717, 1.165) is 12.3 Å². The van der Waals surface area contributed by atoms with Gasteiger partial charge in [0.15, 0.2) is 0 Å². The maximum atomic E-state index is 4.18. The minimum absolute atomic E-state index is 0.419. The Kier molecular flexibility index (Phi) is 5.05. The van der Waals surface area contributed by atoms with Gasteiger partial charge in [-0.1, -0.05) is 19.1 Å². The van der Waals surface area contributed by atoms with Gasteiger partial charge < -0.3 is 5.32 Å². The van der Waals surface area contributed by atoms with E-state index < -0.39 is 0 Å². The number of benzene rings is 1. The van der Waals surface area contributed by atoms with Crippen molar-refractivity contribution in [1.82, 2.24) is 15.1 Å². The molecule has 2 aromatic rings. The van der Waals surface area contributed by atoms with E-state index >= 15 is 0 Å². The van der Waals surface area contributed by atoms with Crippen molar-refractivity contribution in [1.29, 1.82) is 0 Å². The molecule has 102 valence electrons. The number of nitrogens with zero attached hydrogens (tertiary/aromatic N) is 2. The fraction of sp³-hybridized carbons (Fsp3) is 0.400. The van der Waals surface area contributed by atoms with Crippen LogP contribution in [0, 0.1) is 0 Å². The van der Waals surface area contributed by atoms with Crippen molar-refractivity contribution < 1.29 is 0 Å². The minimum Gasteiger partial charge on any atom is -0.310 e. The molecule has 1 heterocycles. The van der Waals surface area contributed by atoms with Crippen molar-refractivity contribution in [3.05, 3.63) is 47.8 Å². The van der Waals surface area contributed by atoms with E-state index in [0.29, 0.717) is 6.04 Å². The monoisotopic (exact) mass is 275 g/mol. The van der Waals surface area contributed by atoms with E-state index in [9.17, 15) is 0 Å². The molecule has 1 atom stereocenters. The average Bonchev–Trinajstić information content (AvgIpc) is 2.83. The van der Waals surface area contributed by atoms with Crippen molar-refractivity contribution in [2.24, 2.45) is 7.05 Å². The first-order valence-electron chi connectivity index (χ1n) is 6.62. The molecule has 1 unspecified atom stereocenters. The first kappa shape index (κ1) is 14.2. The quantitative estimate of drug-likeness (QED) is 0.820. The molecular weight excluding hydrogens is 254 g/mol. The van der Waals surface area contributed by atoms with Crippen LogP contribution in [0.3, 0.4) is 0 Å². The molecule has 0 saturated heterocycles. The summed E-state index contributed by atoms with van der Waals surface area (Å²) < 4.78 is 1.84. The molecule has 3 nitrogen and oxygen atoms in total. The number of thioether (sulfide) groups is 1. The number of aromatic nitrogens is 2. The third kappa shape index (κ3) is 4.11. The van der Waals surface area contributed by atoms with Crippen molar-refractivity contribution in [3.8, 4) is 0 Å². The van der Waals surface area contributed by atoms with Gasteiger partial charge in [-0.2, -0.15) is 5.10 Å². The Hall–Kier alpha value is -1.26. The zero-order valence-electron chi connectivity index (χ0n) is 11.8. The van der Waals surface area contributed by atoms with Gasteiger partial charge in [-0.15, -0.1) is 11.8 Å². The largest absolute Gasteiger partial charge is 0.310 e. The SMILES string of the molecule is CCNC(C)c1ccc(SCc2cnn(C)c2)cc1. The van der Waals surface area contributed by atoms with E-state index in [4.69, 9.17) is 0 Å². The Bertz CT molecular complexity index is 504. The van der Waals surface area contributed by atoms with E-state index in [-0.39, 0.29) is 0 Å². The summed E-state index contributed by atoms with van der Waals surface area (Å²) in [5.41, 5.74) is 2.60. The minimum atomic E-state index is 0.419. The molecule has 19 heavy (non-hydrogen) atoms. The molecule has 0 saturated carbocycles. The topological polar surface area (TPSA) is 29.9 Å². The fourth-order valence-electron chi connectivity index (χ4n) is 1.99. The predicted molar refractivity (Wildman–Crippen MR) is 81.3 cm³/mol. The summed E-state index contributed by atoms with van der Waals surface area (Å²) in [4.78, 5) is 1.30. The lowest BCUT2D eigenvalue weighted by Gasteiger charge is -2.12. The van der Waals surface area contributed by atoms with E-state index in [2.05, 4.69) is 54.7 Å². The highest BCUT2D eigenvalue weighted by atomic mass is 32.2. The van der Waals surface area contributed by atoms with Crippen LogP contribution < -0.4 is 5.32 Å². The molecule has 0 amide bonds. The third-order valence-corrected chi connectivity index (χ3v) is 4.14. The summed E-state index contributed by atoms with van der Waals surface area (Å²) >= 11 is 1.85. The second kappa shape index (κ2) is 6.78. The van der Waals surface area contributed by atoms with Gasteiger partial charge in [0.1, 0.15) is 0 Å². The lowest BCUT2D eigenvalue weighted by molar-refractivity contribution is 0.598. The molecule has 0 radical (unpaired) electrons. The van der Waals surface area contributed by atoms with Crippen molar-refractivity contribution in [2.45, 2.75) is 30.5 Å². The summed E-state index contributed by atoms with van der Waals surface area (Å²) in [5, 5.41) is 7.61. The molecule has 0 fully saturated rings. The number of rotatable bonds is 6. The van der Waals surface area contributed by atoms with Crippen LogP contribution in [0.4, 0.5) is 0 Å². The number of nitrogens with one attached hydrogen (secondary N) is 1. The average molecular weight is 275 g/mol. The lowest BCUT2D eigenvalue weighted by atomic mass is 10.1. The summed E-state index contributed by atoms with van der Waals surface area (Å²) in [7, 11) is 1.95. The molecule has 0 aliphatic carbocycles. The number of aryl methyl sites for hydroxylation is 1. The van der Waals surface area contributed by atoms with Gasteiger partial charge >= 0.3 is 0 Å². The van der Waals surface area contributed by atoms with E-state index in [1.54, 1.807) is 0 Å². The van der Waals surface area contributed by atoms with Crippen LogP contribution in [-0.4, -0.2) is 16.3 Å². The van der Waals surface area contributed by atoms with Crippen molar-refractivity contribution >= 4 is 11.8 Å². The molecule has 0 spiro atoms. The lowest BCUT2D eigenvalue weighted by Crippen LogP contribution is -2.17. The predicted octanol–water partition coefficient (Wildman–Crippen LogP) is 3.38.